The highest BCUT2D eigenvalue weighted by atomic mass is 16.7. The Balaban J connectivity index is 1.45. The van der Waals surface area contributed by atoms with E-state index < -0.39 is 74.6 Å². The monoisotopic (exact) mass is 568 g/mol. The van der Waals surface area contributed by atoms with E-state index >= 15 is 0 Å². The van der Waals surface area contributed by atoms with Crippen LogP contribution < -0.4 is 9.47 Å². The van der Waals surface area contributed by atoms with Crippen LogP contribution >= 0.6 is 0 Å². The van der Waals surface area contributed by atoms with Gasteiger partial charge in [0.05, 0.1) is 13.2 Å². The van der Waals surface area contributed by atoms with Crippen molar-refractivity contribution in [3.05, 3.63) is 47.5 Å². The predicted octanol–water partition coefficient (Wildman–Crippen LogP) is -2.37. The highest BCUT2D eigenvalue weighted by Crippen LogP contribution is 2.31. The molecular weight excluding hydrogens is 536 g/mol. The van der Waals surface area contributed by atoms with Gasteiger partial charge in [-0.2, -0.15) is 0 Å². The number of aliphatic hydroxyl groups excluding tert-OH is 8. The van der Waals surface area contributed by atoms with Gasteiger partial charge in [0.2, 0.25) is 12.6 Å². The quantitative estimate of drug-likeness (QED) is 0.150. The van der Waals surface area contributed by atoms with Gasteiger partial charge in [-0.25, -0.2) is 0 Å². The summed E-state index contributed by atoms with van der Waals surface area (Å²) in [5.74, 6) is -0.353. The number of rotatable bonds is 8. The Morgan fingerprint density at radius 2 is 1.18 bits per heavy atom. The Morgan fingerprint density at radius 3 is 1.70 bits per heavy atom. The largest absolute Gasteiger partial charge is 0.508 e. The first-order valence-corrected chi connectivity index (χ1v) is 12.3. The molecule has 2 heterocycles. The molecule has 2 aliphatic rings. The Bertz CT molecular complexity index is 1170. The zero-order valence-electron chi connectivity index (χ0n) is 20.9. The van der Waals surface area contributed by atoms with E-state index in [4.69, 9.17) is 18.9 Å². The second-order valence-corrected chi connectivity index (χ2v) is 9.44. The molecule has 2 aromatic rings. The van der Waals surface area contributed by atoms with Crippen LogP contribution in [-0.2, 0) is 9.47 Å². The minimum absolute atomic E-state index is 0.0384. The van der Waals surface area contributed by atoms with Gasteiger partial charge in [-0.05, 0) is 29.8 Å². The molecule has 0 unspecified atom stereocenters. The maximum absolute atomic E-state index is 10.5. The summed E-state index contributed by atoms with van der Waals surface area (Å²) in [4.78, 5) is 0. The van der Waals surface area contributed by atoms with Crippen molar-refractivity contribution >= 4 is 12.2 Å². The van der Waals surface area contributed by atoms with E-state index in [9.17, 15) is 51.1 Å². The average molecular weight is 569 g/mol. The Kier molecular flexibility index (Phi) is 9.48. The predicted molar refractivity (Wildman–Crippen MR) is 134 cm³/mol. The molecule has 2 saturated heterocycles. The van der Waals surface area contributed by atoms with Crippen molar-refractivity contribution in [2.75, 3.05) is 13.2 Å². The van der Waals surface area contributed by atoms with Crippen LogP contribution in [0.15, 0.2) is 36.4 Å². The van der Waals surface area contributed by atoms with Gasteiger partial charge in [-0.1, -0.05) is 12.2 Å². The number of hydrogen-bond acceptors (Lipinski definition) is 14. The molecule has 0 saturated carbocycles. The van der Waals surface area contributed by atoms with E-state index in [1.165, 1.54) is 48.6 Å². The van der Waals surface area contributed by atoms with Gasteiger partial charge in [-0.3, -0.25) is 0 Å². The molecule has 14 nitrogen and oxygen atoms in total. The molecule has 0 aromatic heterocycles. The molecule has 0 spiro atoms. The molecule has 40 heavy (non-hydrogen) atoms. The van der Waals surface area contributed by atoms with Crippen LogP contribution in [0.1, 0.15) is 11.1 Å². The summed E-state index contributed by atoms with van der Waals surface area (Å²) in [6, 6.07) is 8.20. The minimum atomic E-state index is -1.64. The van der Waals surface area contributed by atoms with Gasteiger partial charge in [0, 0.05) is 17.7 Å². The molecule has 10 N–H and O–H groups in total. The van der Waals surface area contributed by atoms with Crippen LogP contribution in [0.2, 0.25) is 0 Å². The van der Waals surface area contributed by atoms with Crippen LogP contribution in [0.3, 0.4) is 0 Å². The summed E-state index contributed by atoms with van der Waals surface area (Å²) in [7, 11) is 0. The highest BCUT2D eigenvalue weighted by molar-refractivity contribution is 5.74. The Labute approximate surface area is 227 Å². The molecule has 0 amide bonds. The van der Waals surface area contributed by atoms with Crippen molar-refractivity contribution in [2.45, 2.75) is 61.4 Å². The lowest BCUT2D eigenvalue weighted by molar-refractivity contribution is -0.277. The topological polar surface area (TPSA) is 239 Å². The first kappa shape index (κ1) is 30.0. The highest BCUT2D eigenvalue weighted by Gasteiger charge is 2.45. The third kappa shape index (κ3) is 6.47. The lowest BCUT2D eigenvalue weighted by Crippen LogP contribution is -2.60. The van der Waals surface area contributed by atoms with Crippen molar-refractivity contribution in [3.8, 4) is 23.0 Å². The van der Waals surface area contributed by atoms with Crippen molar-refractivity contribution in [2.24, 2.45) is 0 Å². The summed E-state index contributed by atoms with van der Waals surface area (Å²) in [6.45, 7) is -1.25. The maximum atomic E-state index is 10.5. The van der Waals surface area contributed by atoms with Gasteiger partial charge < -0.3 is 70.0 Å². The van der Waals surface area contributed by atoms with E-state index in [1.54, 1.807) is 0 Å². The van der Waals surface area contributed by atoms with Crippen LogP contribution in [0, 0.1) is 0 Å². The van der Waals surface area contributed by atoms with E-state index in [-0.39, 0.29) is 23.0 Å². The molecular formula is C26H32O14. The zero-order valence-corrected chi connectivity index (χ0v) is 20.9. The van der Waals surface area contributed by atoms with Gasteiger partial charge in [0.25, 0.3) is 0 Å². The van der Waals surface area contributed by atoms with Crippen molar-refractivity contribution in [1.29, 1.82) is 0 Å². The molecule has 2 aromatic carbocycles. The molecule has 0 aliphatic carbocycles. The maximum Gasteiger partial charge on any atom is 0.229 e. The van der Waals surface area contributed by atoms with E-state index in [2.05, 4.69) is 0 Å². The van der Waals surface area contributed by atoms with Crippen molar-refractivity contribution in [1.82, 2.24) is 0 Å². The van der Waals surface area contributed by atoms with Crippen LogP contribution in [0.25, 0.3) is 12.2 Å². The molecule has 4 rings (SSSR count). The second-order valence-electron chi connectivity index (χ2n) is 9.44. The number of phenolic OH excluding ortho intramolecular Hbond substituents is 2. The van der Waals surface area contributed by atoms with Gasteiger partial charge >= 0.3 is 0 Å². The third-order valence-electron chi connectivity index (χ3n) is 6.57. The lowest BCUT2D eigenvalue weighted by atomic mass is 9.99. The third-order valence-corrected chi connectivity index (χ3v) is 6.57. The van der Waals surface area contributed by atoms with Crippen LogP contribution in [-0.4, -0.2) is 126 Å². The molecule has 220 valence electrons. The normalized spacial score (nSPS) is 34.6. The van der Waals surface area contributed by atoms with Crippen molar-refractivity contribution < 1.29 is 70.0 Å². The summed E-state index contributed by atoms with van der Waals surface area (Å²) in [5, 5.41) is 99.2. The van der Waals surface area contributed by atoms with Crippen LogP contribution in [0.4, 0.5) is 0 Å². The molecule has 2 fully saturated rings. The lowest BCUT2D eigenvalue weighted by Gasteiger charge is -2.39. The standard InChI is InChI=1S/C26H32O14/c27-9-17-19(31)21(33)23(35)25(39-17)37-14-4-3-12(16(30)8-14)2-1-11-5-13(29)7-15(6-11)38-26-24(36)22(34)20(32)18(10-28)40-26/h1-8,17-36H,9-10H2/t17-,18-,19-,20-,21+,22+,23-,24-,25-,26-/m1/s1. The summed E-state index contributed by atoms with van der Waals surface area (Å²) >= 11 is 0. The zero-order chi connectivity index (χ0) is 29.1. The van der Waals surface area contributed by atoms with Crippen LogP contribution in [0.5, 0.6) is 23.0 Å². The average Bonchev–Trinajstić information content (AvgIpc) is 2.93. The number of hydrogen-bond donors (Lipinski definition) is 10. The fourth-order valence-electron chi connectivity index (χ4n) is 4.29. The second kappa shape index (κ2) is 12.7. The van der Waals surface area contributed by atoms with Crippen molar-refractivity contribution in [3.63, 3.8) is 0 Å². The van der Waals surface area contributed by atoms with Gasteiger partial charge in [0.1, 0.15) is 71.8 Å². The number of aliphatic hydroxyl groups is 8. The Hall–Kier alpha value is -3.02. The molecule has 0 bridgehead atoms. The van der Waals surface area contributed by atoms with Gasteiger partial charge in [-0.15, -0.1) is 0 Å². The fourth-order valence-corrected chi connectivity index (χ4v) is 4.29. The Morgan fingerprint density at radius 1 is 0.625 bits per heavy atom. The molecule has 2 aliphatic heterocycles. The number of ether oxygens (including phenoxy) is 4. The summed E-state index contributed by atoms with van der Waals surface area (Å²) in [5.41, 5.74) is 0.724. The summed E-state index contributed by atoms with van der Waals surface area (Å²) < 4.78 is 21.6. The smallest absolute Gasteiger partial charge is 0.229 e. The summed E-state index contributed by atoms with van der Waals surface area (Å²) in [6.07, 6.45) is -11.8. The SMILES string of the molecule is OC[C@H]1O[C@@H](Oc2cc(O)cc(C=Cc3ccc(O[C@@H]4O[C@H](CO)[C@@H](O)[C@H](O)[C@H]4O)cc3O)c2)[C@H](O)[C@@H](O)[C@@H]1O. The van der Waals surface area contributed by atoms with Gasteiger partial charge in [0.15, 0.2) is 0 Å². The molecule has 0 radical (unpaired) electrons. The number of benzene rings is 2. The molecule has 14 heteroatoms. The number of phenols is 2. The number of aromatic hydroxyl groups is 2. The molecule has 10 atom stereocenters. The minimum Gasteiger partial charge on any atom is -0.508 e. The van der Waals surface area contributed by atoms with E-state index in [0.717, 1.165) is 0 Å². The first-order chi connectivity index (χ1) is 19.0. The van der Waals surface area contributed by atoms with E-state index in [1.807, 2.05) is 0 Å². The van der Waals surface area contributed by atoms with E-state index in [0.29, 0.717) is 11.1 Å². The first-order valence-electron chi connectivity index (χ1n) is 12.3. The fraction of sp³-hybridized carbons (Fsp3) is 0.462.